The molecule has 1 atom stereocenters. The Hall–Kier alpha value is -4.23. The number of allylic oxidation sites excluding steroid dienone is 1. The van der Waals surface area contributed by atoms with Crippen LogP contribution in [-0.4, -0.2) is 24.6 Å². The van der Waals surface area contributed by atoms with E-state index in [0.717, 1.165) is 16.8 Å². The number of nitrogens with one attached hydrogen (secondary N) is 1. The third-order valence-electron chi connectivity index (χ3n) is 6.12. The average molecular weight is 495 g/mol. The number of rotatable bonds is 5. The maximum Gasteiger partial charge on any atom is 0.271 e. The molecule has 1 amide bonds. The summed E-state index contributed by atoms with van der Waals surface area (Å²) in [6, 6.07) is 26.4. The second-order valence-corrected chi connectivity index (χ2v) is 9.81. The molecular weight excluding hydrogens is 468 g/mol. The molecule has 6 nitrogen and oxygen atoms in total. The van der Waals surface area contributed by atoms with Gasteiger partial charge in [0.05, 0.1) is 21.8 Å². The van der Waals surface area contributed by atoms with E-state index in [4.69, 9.17) is 4.99 Å². The Morgan fingerprint density at radius 1 is 0.972 bits per heavy atom. The second kappa shape index (κ2) is 9.79. The lowest BCUT2D eigenvalue weighted by Crippen LogP contribution is -2.40. The number of carbonyl (C=O) groups excluding carboxylic acids is 1. The minimum Gasteiger partial charge on any atom is -0.378 e. The van der Waals surface area contributed by atoms with Crippen molar-refractivity contribution in [3.8, 4) is 0 Å². The molecule has 4 aromatic rings. The number of hydrogen-bond acceptors (Lipinski definition) is 5. The lowest BCUT2D eigenvalue weighted by Gasteiger charge is -2.25. The van der Waals surface area contributed by atoms with Gasteiger partial charge < -0.3 is 10.2 Å². The smallest absolute Gasteiger partial charge is 0.271 e. The van der Waals surface area contributed by atoms with Crippen LogP contribution in [-0.2, 0) is 4.79 Å². The van der Waals surface area contributed by atoms with Crippen molar-refractivity contribution >= 4 is 34.7 Å². The molecule has 1 aliphatic heterocycles. The summed E-state index contributed by atoms with van der Waals surface area (Å²) < 4.78 is 2.22. The molecule has 7 heteroatoms. The number of benzene rings is 3. The summed E-state index contributed by atoms with van der Waals surface area (Å²) in [6.45, 7) is 1.83. The predicted molar refractivity (Wildman–Crippen MR) is 146 cm³/mol. The van der Waals surface area contributed by atoms with Gasteiger partial charge in [0.25, 0.3) is 11.5 Å². The number of para-hydroxylation sites is 1. The van der Waals surface area contributed by atoms with E-state index in [-0.39, 0.29) is 11.5 Å². The molecule has 0 bridgehead atoms. The van der Waals surface area contributed by atoms with Gasteiger partial charge in [0.1, 0.15) is 0 Å². The molecule has 0 saturated heterocycles. The van der Waals surface area contributed by atoms with Crippen molar-refractivity contribution in [2.45, 2.75) is 13.0 Å². The first-order valence-corrected chi connectivity index (χ1v) is 12.5. The van der Waals surface area contributed by atoms with Crippen LogP contribution in [0.2, 0.25) is 0 Å². The first-order chi connectivity index (χ1) is 17.4. The van der Waals surface area contributed by atoms with Crippen molar-refractivity contribution in [3.63, 3.8) is 0 Å². The number of amides is 1. The zero-order chi connectivity index (χ0) is 25.2. The molecule has 0 spiro atoms. The monoisotopic (exact) mass is 494 g/mol. The van der Waals surface area contributed by atoms with Gasteiger partial charge in [0.15, 0.2) is 4.80 Å². The van der Waals surface area contributed by atoms with E-state index in [1.165, 1.54) is 11.3 Å². The maximum absolute atomic E-state index is 13.7. The Morgan fingerprint density at radius 2 is 1.61 bits per heavy atom. The fourth-order valence-electron chi connectivity index (χ4n) is 4.30. The highest BCUT2D eigenvalue weighted by atomic mass is 32.1. The third kappa shape index (κ3) is 4.53. The molecule has 1 aliphatic rings. The van der Waals surface area contributed by atoms with Gasteiger partial charge in [-0.2, -0.15) is 0 Å². The van der Waals surface area contributed by atoms with Crippen molar-refractivity contribution in [1.29, 1.82) is 0 Å². The minimum atomic E-state index is -0.579. The van der Waals surface area contributed by atoms with Crippen LogP contribution in [0.25, 0.3) is 6.08 Å². The highest BCUT2D eigenvalue weighted by Crippen LogP contribution is 2.30. The van der Waals surface area contributed by atoms with Crippen LogP contribution in [0.4, 0.5) is 11.4 Å². The highest BCUT2D eigenvalue weighted by Gasteiger charge is 2.32. The van der Waals surface area contributed by atoms with Crippen LogP contribution in [0, 0.1) is 0 Å². The Kier molecular flexibility index (Phi) is 6.40. The molecule has 1 aromatic heterocycles. The zero-order valence-corrected chi connectivity index (χ0v) is 21.1. The molecule has 1 N–H and O–H groups in total. The summed E-state index contributed by atoms with van der Waals surface area (Å²) in [5.74, 6) is -0.273. The van der Waals surface area contributed by atoms with Crippen LogP contribution in [0.3, 0.4) is 0 Å². The molecule has 0 radical (unpaired) electrons. The van der Waals surface area contributed by atoms with Crippen molar-refractivity contribution in [1.82, 2.24) is 4.57 Å². The molecule has 3 aromatic carbocycles. The van der Waals surface area contributed by atoms with E-state index >= 15 is 0 Å². The summed E-state index contributed by atoms with van der Waals surface area (Å²) in [4.78, 5) is 34.6. The Bertz CT molecular complexity index is 1620. The second-order valence-electron chi connectivity index (χ2n) is 8.80. The highest BCUT2D eigenvalue weighted by molar-refractivity contribution is 7.07. The van der Waals surface area contributed by atoms with Crippen LogP contribution in [0.5, 0.6) is 0 Å². The van der Waals surface area contributed by atoms with Gasteiger partial charge in [-0.1, -0.05) is 72.0 Å². The first kappa shape index (κ1) is 23.5. The molecule has 180 valence electrons. The molecule has 0 fully saturated rings. The Morgan fingerprint density at radius 3 is 2.25 bits per heavy atom. The van der Waals surface area contributed by atoms with E-state index in [9.17, 15) is 9.59 Å². The molecule has 36 heavy (non-hydrogen) atoms. The number of thiazole rings is 1. The largest absolute Gasteiger partial charge is 0.378 e. The number of hydrogen-bond donors (Lipinski definition) is 1. The van der Waals surface area contributed by atoms with E-state index in [0.29, 0.717) is 26.3 Å². The summed E-state index contributed by atoms with van der Waals surface area (Å²) in [5.41, 5.74) is 4.45. The normalized spacial score (nSPS) is 15.3. The summed E-state index contributed by atoms with van der Waals surface area (Å²) in [7, 11) is 3.98. The van der Waals surface area contributed by atoms with Crippen LogP contribution >= 0.6 is 11.3 Å². The average Bonchev–Trinajstić information content (AvgIpc) is 3.18. The fourth-order valence-corrected chi connectivity index (χ4v) is 5.35. The zero-order valence-electron chi connectivity index (χ0n) is 20.3. The van der Waals surface area contributed by atoms with Gasteiger partial charge >= 0.3 is 0 Å². The molecule has 5 rings (SSSR count). The van der Waals surface area contributed by atoms with Crippen molar-refractivity contribution in [2.24, 2.45) is 4.99 Å². The molecule has 0 saturated carbocycles. The predicted octanol–water partition coefficient (Wildman–Crippen LogP) is 3.94. The number of aromatic nitrogens is 1. The topological polar surface area (TPSA) is 66.7 Å². The van der Waals surface area contributed by atoms with Crippen molar-refractivity contribution < 1.29 is 4.79 Å². The molecular formula is C29H26N4O2S. The number of carbonyl (C=O) groups is 1. The standard InChI is InChI=1S/C29H26N4O2S/c1-19-25(27(34)31-22-12-8-5-9-13-22)26(21-10-6-4-7-11-21)33-28(35)24(36-29(33)30-19)18-20-14-16-23(17-15-20)32(2)3/h4-18,26H,1-3H3,(H,31,34)/b24-18+/t26-/m1/s1. The molecule has 2 heterocycles. The van der Waals surface area contributed by atoms with Gasteiger partial charge in [-0.05, 0) is 48.4 Å². The van der Waals surface area contributed by atoms with E-state index in [1.807, 2.05) is 117 Å². The van der Waals surface area contributed by atoms with Crippen LogP contribution < -0.4 is 25.1 Å². The summed E-state index contributed by atoms with van der Waals surface area (Å²) in [6.07, 6.45) is 1.88. The van der Waals surface area contributed by atoms with Crippen LogP contribution in [0.1, 0.15) is 24.1 Å². The van der Waals surface area contributed by atoms with E-state index in [2.05, 4.69) is 5.32 Å². The van der Waals surface area contributed by atoms with Gasteiger partial charge in [-0.15, -0.1) is 0 Å². The van der Waals surface area contributed by atoms with Gasteiger partial charge in [0.2, 0.25) is 0 Å². The van der Waals surface area contributed by atoms with Crippen LogP contribution in [0.15, 0.2) is 106 Å². The maximum atomic E-state index is 13.7. The van der Waals surface area contributed by atoms with Gasteiger partial charge in [-0.25, -0.2) is 4.99 Å². The first-order valence-electron chi connectivity index (χ1n) is 11.6. The van der Waals surface area contributed by atoms with E-state index in [1.54, 1.807) is 4.57 Å². The lowest BCUT2D eigenvalue weighted by molar-refractivity contribution is -0.113. The van der Waals surface area contributed by atoms with Gasteiger partial charge in [0, 0.05) is 25.5 Å². The number of nitrogens with zero attached hydrogens (tertiary/aromatic N) is 3. The summed E-state index contributed by atoms with van der Waals surface area (Å²) in [5, 5.41) is 2.97. The minimum absolute atomic E-state index is 0.165. The lowest BCUT2D eigenvalue weighted by atomic mass is 9.95. The number of anilines is 2. The number of fused-ring (bicyclic) bond motifs is 1. The Labute approximate surface area is 213 Å². The Balaban J connectivity index is 1.63. The van der Waals surface area contributed by atoms with E-state index < -0.39 is 6.04 Å². The van der Waals surface area contributed by atoms with Crippen molar-refractivity contribution in [2.75, 3.05) is 24.3 Å². The van der Waals surface area contributed by atoms with Gasteiger partial charge in [-0.3, -0.25) is 14.2 Å². The summed E-state index contributed by atoms with van der Waals surface area (Å²) >= 11 is 1.34. The SMILES string of the molecule is CC1=C(C(=O)Nc2ccccc2)[C@@H](c2ccccc2)n2c(s/c(=C/c3ccc(N(C)C)cc3)c2=O)=N1. The third-order valence-corrected chi connectivity index (χ3v) is 7.10. The van der Waals surface area contributed by atoms with Crippen molar-refractivity contribution in [3.05, 3.63) is 127 Å². The fraction of sp³-hybridized carbons (Fsp3) is 0.138. The quantitative estimate of drug-likeness (QED) is 0.457. The molecule has 0 unspecified atom stereocenters. The molecule has 0 aliphatic carbocycles.